The molecule has 2 heterocycles. The molecule has 1 N–H and O–H groups in total. The van der Waals surface area contributed by atoms with Crippen LogP contribution in [0.2, 0.25) is 5.02 Å². The number of ether oxygens (including phenoxy) is 1. The van der Waals surface area contributed by atoms with Crippen LogP contribution in [0.25, 0.3) is 0 Å². The molecule has 0 aromatic carbocycles. The second-order valence-corrected chi connectivity index (χ2v) is 4.44. The lowest BCUT2D eigenvalue weighted by molar-refractivity contribution is 0.102. The van der Waals surface area contributed by atoms with E-state index in [1.54, 1.807) is 18.2 Å². The molecule has 0 aliphatic carbocycles. The lowest BCUT2D eigenvalue weighted by Crippen LogP contribution is -2.16. The monoisotopic (exact) mass is 291 g/mol. The van der Waals surface area contributed by atoms with Gasteiger partial charge in [0.1, 0.15) is 5.82 Å². The molecule has 1 amide bonds. The first-order chi connectivity index (χ1) is 9.60. The highest BCUT2D eigenvalue weighted by Gasteiger charge is 2.14. The van der Waals surface area contributed by atoms with Gasteiger partial charge >= 0.3 is 0 Å². The average molecular weight is 292 g/mol. The fourth-order valence-electron chi connectivity index (χ4n) is 1.60. The van der Waals surface area contributed by atoms with Crippen LogP contribution in [0.4, 0.5) is 5.82 Å². The van der Waals surface area contributed by atoms with E-state index in [2.05, 4.69) is 15.3 Å². The van der Waals surface area contributed by atoms with E-state index in [4.69, 9.17) is 16.3 Å². The Morgan fingerprint density at radius 2 is 2.10 bits per heavy atom. The summed E-state index contributed by atoms with van der Waals surface area (Å²) in [4.78, 5) is 20.4. The van der Waals surface area contributed by atoms with Gasteiger partial charge in [0.25, 0.3) is 5.91 Å². The lowest BCUT2D eigenvalue weighted by Gasteiger charge is -2.08. The van der Waals surface area contributed by atoms with Crippen molar-refractivity contribution in [3.8, 4) is 5.88 Å². The van der Waals surface area contributed by atoms with Crippen LogP contribution in [-0.4, -0.2) is 22.5 Å². The predicted molar refractivity (Wildman–Crippen MR) is 77.3 cm³/mol. The van der Waals surface area contributed by atoms with Crippen LogP contribution in [0.15, 0.2) is 30.3 Å². The summed E-state index contributed by atoms with van der Waals surface area (Å²) in [5.41, 5.74) is 0.922. The van der Waals surface area contributed by atoms with Gasteiger partial charge in [-0.25, -0.2) is 9.97 Å². The third-order valence-corrected chi connectivity index (χ3v) is 2.76. The van der Waals surface area contributed by atoms with Gasteiger partial charge in [-0.05, 0) is 32.0 Å². The number of carbonyl (C=O) groups excluding carboxylic acids is 1. The largest absolute Gasteiger partial charge is 0.478 e. The first kappa shape index (κ1) is 14.3. The summed E-state index contributed by atoms with van der Waals surface area (Å²) in [6.07, 6.45) is 0. The molecule has 0 unspecified atom stereocenters. The Kier molecular flexibility index (Phi) is 4.53. The molecule has 104 valence electrons. The summed E-state index contributed by atoms with van der Waals surface area (Å²) < 4.78 is 5.26. The number of halogens is 1. The van der Waals surface area contributed by atoms with Crippen molar-refractivity contribution in [3.05, 3.63) is 46.7 Å². The molecule has 0 aliphatic rings. The zero-order chi connectivity index (χ0) is 14.5. The Hall–Kier alpha value is -2.14. The van der Waals surface area contributed by atoms with Crippen LogP contribution in [0.3, 0.4) is 0 Å². The van der Waals surface area contributed by atoms with Crippen LogP contribution in [0.5, 0.6) is 5.88 Å². The first-order valence-electron chi connectivity index (χ1n) is 6.14. The van der Waals surface area contributed by atoms with Gasteiger partial charge in [-0.3, -0.25) is 4.79 Å². The number of rotatable bonds is 4. The molecule has 0 atom stereocenters. The molecule has 0 spiro atoms. The maximum Gasteiger partial charge on any atom is 0.277 e. The molecule has 2 aromatic rings. The minimum Gasteiger partial charge on any atom is -0.478 e. The van der Waals surface area contributed by atoms with Crippen molar-refractivity contribution in [2.45, 2.75) is 13.8 Å². The zero-order valence-corrected chi connectivity index (χ0v) is 11.9. The number of nitrogens with one attached hydrogen (secondary N) is 1. The second-order valence-electron chi connectivity index (χ2n) is 4.03. The van der Waals surface area contributed by atoms with Gasteiger partial charge < -0.3 is 10.1 Å². The summed E-state index contributed by atoms with van der Waals surface area (Å²) in [7, 11) is 0. The summed E-state index contributed by atoms with van der Waals surface area (Å²) >= 11 is 5.99. The second kappa shape index (κ2) is 6.34. The number of hydrogen-bond donors (Lipinski definition) is 1. The Morgan fingerprint density at radius 3 is 2.80 bits per heavy atom. The number of pyridine rings is 2. The molecule has 6 heteroatoms. The fourth-order valence-corrected chi connectivity index (χ4v) is 1.79. The third kappa shape index (κ3) is 3.45. The van der Waals surface area contributed by atoms with Crippen molar-refractivity contribution in [1.29, 1.82) is 0 Å². The van der Waals surface area contributed by atoms with E-state index < -0.39 is 5.91 Å². The highest BCUT2D eigenvalue weighted by Crippen LogP contribution is 2.19. The van der Waals surface area contributed by atoms with Crippen LogP contribution in [-0.2, 0) is 0 Å². The van der Waals surface area contributed by atoms with E-state index in [0.29, 0.717) is 18.3 Å². The normalized spacial score (nSPS) is 10.2. The van der Waals surface area contributed by atoms with Crippen LogP contribution >= 0.6 is 11.6 Å². The van der Waals surface area contributed by atoms with Gasteiger partial charge in [-0.15, -0.1) is 0 Å². The molecule has 5 nitrogen and oxygen atoms in total. The summed E-state index contributed by atoms with van der Waals surface area (Å²) in [5.74, 6) is 0.392. The van der Waals surface area contributed by atoms with E-state index >= 15 is 0 Å². The standard InChI is InChI=1S/C14H14ClN3O2/c1-3-20-12-8-7-10(15)13(18-12)14(19)17-11-6-4-5-9(2)16-11/h4-8H,3H2,1-2H3,(H,16,17,19). The summed E-state index contributed by atoms with van der Waals surface area (Å²) in [5, 5.41) is 2.92. The number of carbonyl (C=O) groups is 1. The molecule has 0 aliphatic heterocycles. The number of anilines is 1. The van der Waals surface area contributed by atoms with Gasteiger partial charge in [0.15, 0.2) is 5.69 Å². The predicted octanol–water partition coefficient (Wildman–Crippen LogP) is 3.09. The summed E-state index contributed by atoms with van der Waals surface area (Å²) in [6, 6.07) is 8.55. The zero-order valence-electron chi connectivity index (χ0n) is 11.2. The number of amides is 1. The molecule has 20 heavy (non-hydrogen) atoms. The molecule has 0 bridgehead atoms. The van der Waals surface area contributed by atoms with Gasteiger partial charge in [0.2, 0.25) is 5.88 Å². The van der Waals surface area contributed by atoms with Gasteiger partial charge in [0.05, 0.1) is 11.6 Å². The van der Waals surface area contributed by atoms with E-state index in [1.807, 2.05) is 26.0 Å². The van der Waals surface area contributed by atoms with Crippen molar-refractivity contribution in [2.24, 2.45) is 0 Å². The number of aromatic nitrogens is 2. The van der Waals surface area contributed by atoms with Crippen molar-refractivity contribution in [3.63, 3.8) is 0 Å². The van der Waals surface area contributed by atoms with Crippen LogP contribution in [0.1, 0.15) is 23.1 Å². The molecule has 0 radical (unpaired) electrons. The molecule has 0 saturated carbocycles. The average Bonchev–Trinajstić information content (AvgIpc) is 2.41. The Bertz CT molecular complexity index is 632. The van der Waals surface area contributed by atoms with Gasteiger partial charge in [-0.1, -0.05) is 17.7 Å². The Balaban J connectivity index is 2.22. The lowest BCUT2D eigenvalue weighted by atomic mass is 10.3. The number of hydrogen-bond acceptors (Lipinski definition) is 4. The molecule has 2 rings (SSSR count). The molecular weight excluding hydrogens is 278 g/mol. The van der Waals surface area contributed by atoms with Crippen molar-refractivity contribution in [1.82, 2.24) is 9.97 Å². The SMILES string of the molecule is CCOc1ccc(Cl)c(C(=O)Nc2cccc(C)n2)n1. The highest BCUT2D eigenvalue weighted by atomic mass is 35.5. The van der Waals surface area contributed by atoms with E-state index in [9.17, 15) is 4.79 Å². The van der Waals surface area contributed by atoms with Gasteiger partial charge in [-0.2, -0.15) is 0 Å². The first-order valence-corrected chi connectivity index (χ1v) is 6.52. The number of nitrogens with zero attached hydrogens (tertiary/aromatic N) is 2. The topological polar surface area (TPSA) is 64.1 Å². The quantitative estimate of drug-likeness (QED) is 0.940. The summed E-state index contributed by atoms with van der Waals surface area (Å²) in [6.45, 7) is 4.15. The molecular formula is C14H14ClN3O2. The Labute approximate surface area is 122 Å². The van der Waals surface area contributed by atoms with Crippen LogP contribution < -0.4 is 10.1 Å². The Morgan fingerprint density at radius 1 is 1.30 bits per heavy atom. The highest BCUT2D eigenvalue weighted by molar-refractivity contribution is 6.34. The van der Waals surface area contributed by atoms with E-state index in [1.165, 1.54) is 0 Å². The maximum absolute atomic E-state index is 12.1. The smallest absolute Gasteiger partial charge is 0.277 e. The minimum absolute atomic E-state index is 0.112. The molecule has 2 aromatic heterocycles. The maximum atomic E-state index is 12.1. The van der Waals surface area contributed by atoms with E-state index in [-0.39, 0.29) is 10.7 Å². The number of aryl methyl sites for hydroxylation is 1. The van der Waals surface area contributed by atoms with Crippen LogP contribution in [0, 0.1) is 6.92 Å². The minimum atomic E-state index is -0.422. The van der Waals surface area contributed by atoms with Crippen molar-refractivity contribution < 1.29 is 9.53 Å². The van der Waals surface area contributed by atoms with Crippen molar-refractivity contribution >= 4 is 23.3 Å². The molecule has 0 fully saturated rings. The third-order valence-electron chi connectivity index (χ3n) is 2.46. The van der Waals surface area contributed by atoms with Crippen molar-refractivity contribution in [2.75, 3.05) is 11.9 Å². The van der Waals surface area contributed by atoms with Gasteiger partial charge in [0, 0.05) is 11.8 Å². The fraction of sp³-hybridized carbons (Fsp3) is 0.214. The molecule has 0 saturated heterocycles. The van der Waals surface area contributed by atoms with E-state index in [0.717, 1.165) is 5.69 Å².